The standard InChI is InChI=1S/C25H27N3O4S/c1-19(2)32-23-14-12-21(13-15-23)17-26-27-25(29)18-28(22-9-7-8-20(3)16-22)33(30,31)24-10-5-4-6-11-24/h4-17,19H,18H2,1-3H3,(H,27,29)/b26-17+. The van der Waals surface area contributed by atoms with Crippen molar-refractivity contribution in [3.8, 4) is 5.75 Å². The van der Waals surface area contributed by atoms with Gasteiger partial charge in [0.2, 0.25) is 0 Å². The zero-order valence-electron chi connectivity index (χ0n) is 18.8. The van der Waals surface area contributed by atoms with Gasteiger partial charge in [-0.2, -0.15) is 5.10 Å². The van der Waals surface area contributed by atoms with Crippen LogP contribution in [0.5, 0.6) is 5.75 Å². The van der Waals surface area contributed by atoms with E-state index in [-0.39, 0.29) is 11.0 Å². The maximum Gasteiger partial charge on any atom is 0.264 e. The molecule has 8 heteroatoms. The zero-order valence-corrected chi connectivity index (χ0v) is 19.6. The van der Waals surface area contributed by atoms with Crippen molar-refractivity contribution in [3.63, 3.8) is 0 Å². The Bertz CT molecular complexity index is 1210. The van der Waals surface area contributed by atoms with Crippen LogP contribution in [0.15, 0.2) is 88.9 Å². The van der Waals surface area contributed by atoms with Gasteiger partial charge >= 0.3 is 0 Å². The predicted molar refractivity (Wildman–Crippen MR) is 130 cm³/mol. The van der Waals surface area contributed by atoms with E-state index in [1.807, 2.05) is 51.1 Å². The van der Waals surface area contributed by atoms with E-state index >= 15 is 0 Å². The fraction of sp³-hybridized carbons (Fsp3) is 0.200. The number of hydrazone groups is 1. The fourth-order valence-electron chi connectivity index (χ4n) is 3.07. The van der Waals surface area contributed by atoms with Crippen LogP contribution < -0.4 is 14.5 Å². The molecule has 0 fully saturated rings. The Hall–Kier alpha value is -3.65. The van der Waals surface area contributed by atoms with Gasteiger partial charge in [-0.3, -0.25) is 9.10 Å². The van der Waals surface area contributed by atoms with Crippen molar-refractivity contribution in [2.45, 2.75) is 31.8 Å². The average Bonchev–Trinajstić information content (AvgIpc) is 2.79. The van der Waals surface area contributed by atoms with Crippen LogP contribution in [0.25, 0.3) is 0 Å². The van der Waals surface area contributed by atoms with E-state index < -0.39 is 22.5 Å². The fourth-order valence-corrected chi connectivity index (χ4v) is 4.50. The lowest BCUT2D eigenvalue weighted by molar-refractivity contribution is -0.119. The molecule has 3 aromatic rings. The summed E-state index contributed by atoms with van der Waals surface area (Å²) in [4.78, 5) is 12.7. The molecule has 0 saturated carbocycles. The van der Waals surface area contributed by atoms with Crippen LogP contribution in [-0.2, 0) is 14.8 Å². The summed E-state index contributed by atoms with van der Waals surface area (Å²) in [6.07, 6.45) is 1.56. The van der Waals surface area contributed by atoms with E-state index in [1.54, 1.807) is 36.4 Å². The molecule has 0 bridgehead atoms. The minimum absolute atomic E-state index is 0.0762. The van der Waals surface area contributed by atoms with Gasteiger partial charge in [-0.15, -0.1) is 0 Å². The number of benzene rings is 3. The lowest BCUT2D eigenvalue weighted by Crippen LogP contribution is -2.39. The second-order valence-corrected chi connectivity index (χ2v) is 9.55. The summed E-state index contributed by atoms with van der Waals surface area (Å²) in [7, 11) is -3.95. The number of hydrogen-bond acceptors (Lipinski definition) is 5. The van der Waals surface area contributed by atoms with Crippen LogP contribution >= 0.6 is 0 Å². The first-order valence-electron chi connectivity index (χ1n) is 10.5. The van der Waals surface area contributed by atoms with Crippen molar-refractivity contribution in [1.29, 1.82) is 0 Å². The van der Waals surface area contributed by atoms with E-state index in [1.165, 1.54) is 18.3 Å². The number of rotatable bonds is 9. The van der Waals surface area contributed by atoms with Crippen LogP contribution in [-0.4, -0.2) is 33.2 Å². The quantitative estimate of drug-likeness (QED) is 0.380. The Labute approximate surface area is 194 Å². The van der Waals surface area contributed by atoms with Gasteiger partial charge in [-0.25, -0.2) is 13.8 Å². The molecular formula is C25H27N3O4S. The molecule has 0 radical (unpaired) electrons. The molecule has 172 valence electrons. The largest absolute Gasteiger partial charge is 0.491 e. The van der Waals surface area contributed by atoms with Crippen LogP contribution in [0.2, 0.25) is 0 Å². The average molecular weight is 466 g/mol. The molecule has 0 saturated heterocycles. The Morgan fingerprint density at radius 2 is 1.73 bits per heavy atom. The Morgan fingerprint density at radius 3 is 2.36 bits per heavy atom. The summed E-state index contributed by atoms with van der Waals surface area (Å²) in [5, 5.41) is 3.96. The van der Waals surface area contributed by atoms with Gasteiger partial charge < -0.3 is 4.74 Å². The third-order valence-electron chi connectivity index (χ3n) is 4.56. The second kappa shape index (κ2) is 10.8. The van der Waals surface area contributed by atoms with Crippen molar-refractivity contribution < 1.29 is 17.9 Å². The molecule has 0 heterocycles. The van der Waals surface area contributed by atoms with Crippen LogP contribution in [0.4, 0.5) is 5.69 Å². The van der Waals surface area contributed by atoms with E-state index in [0.717, 1.165) is 21.2 Å². The zero-order chi connectivity index (χ0) is 23.8. The van der Waals surface area contributed by atoms with Crippen molar-refractivity contribution in [3.05, 3.63) is 90.0 Å². The number of amides is 1. The number of ether oxygens (including phenoxy) is 1. The first-order valence-corrected chi connectivity index (χ1v) is 11.9. The molecular weight excluding hydrogens is 438 g/mol. The summed E-state index contributed by atoms with van der Waals surface area (Å²) in [5.41, 5.74) is 4.45. The van der Waals surface area contributed by atoms with Gasteiger partial charge in [0, 0.05) is 0 Å². The normalized spacial score (nSPS) is 11.5. The highest BCUT2D eigenvalue weighted by Crippen LogP contribution is 2.24. The Morgan fingerprint density at radius 1 is 1.03 bits per heavy atom. The molecule has 0 spiro atoms. The third kappa shape index (κ3) is 6.66. The Kier molecular flexibility index (Phi) is 7.84. The van der Waals surface area contributed by atoms with Crippen molar-refractivity contribution >= 4 is 27.8 Å². The molecule has 0 aromatic heterocycles. The highest BCUT2D eigenvalue weighted by molar-refractivity contribution is 7.92. The molecule has 0 aliphatic heterocycles. The van der Waals surface area contributed by atoms with Crippen molar-refractivity contribution in [2.75, 3.05) is 10.8 Å². The number of carbonyl (C=O) groups excluding carboxylic acids is 1. The minimum atomic E-state index is -3.95. The van der Waals surface area contributed by atoms with Gasteiger partial charge in [0.15, 0.2) is 0 Å². The van der Waals surface area contributed by atoms with Crippen LogP contribution in [0.3, 0.4) is 0 Å². The molecule has 1 N–H and O–H groups in total. The number of carbonyl (C=O) groups is 1. The molecule has 0 atom stereocenters. The molecule has 0 unspecified atom stereocenters. The highest BCUT2D eigenvalue weighted by Gasteiger charge is 2.27. The number of anilines is 1. The topological polar surface area (TPSA) is 88.1 Å². The summed E-state index contributed by atoms with van der Waals surface area (Å²) in [6, 6.07) is 22.3. The molecule has 3 rings (SSSR count). The van der Waals surface area contributed by atoms with E-state index in [2.05, 4.69) is 10.5 Å². The second-order valence-electron chi connectivity index (χ2n) is 7.69. The summed E-state index contributed by atoms with van der Waals surface area (Å²) >= 11 is 0. The van der Waals surface area contributed by atoms with Gasteiger partial charge in [-0.1, -0.05) is 30.3 Å². The van der Waals surface area contributed by atoms with E-state index in [4.69, 9.17) is 4.74 Å². The lowest BCUT2D eigenvalue weighted by Gasteiger charge is -2.24. The van der Waals surface area contributed by atoms with Crippen LogP contribution in [0, 0.1) is 6.92 Å². The molecule has 3 aromatic carbocycles. The van der Waals surface area contributed by atoms with Crippen molar-refractivity contribution in [1.82, 2.24) is 5.43 Å². The first-order chi connectivity index (χ1) is 15.8. The van der Waals surface area contributed by atoms with E-state index in [9.17, 15) is 13.2 Å². The number of nitrogens with zero attached hydrogens (tertiary/aromatic N) is 2. The summed E-state index contributed by atoms with van der Waals surface area (Å²) < 4.78 is 33.2. The maximum atomic E-state index is 13.3. The third-order valence-corrected chi connectivity index (χ3v) is 6.35. The van der Waals surface area contributed by atoms with E-state index in [0.29, 0.717) is 5.69 Å². The lowest BCUT2D eigenvalue weighted by atomic mass is 10.2. The SMILES string of the molecule is Cc1cccc(N(CC(=O)N/N=C/c2ccc(OC(C)C)cc2)S(=O)(=O)c2ccccc2)c1. The summed E-state index contributed by atoms with van der Waals surface area (Å²) in [5.74, 6) is 0.179. The summed E-state index contributed by atoms with van der Waals surface area (Å²) in [6.45, 7) is 5.34. The monoisotopic (exact) mass is 465 g/mol. The minimum Gasteiger partial charge on any atom is -0.491 e. The van der Waals surface area contributed by atoms with Crippen molar-refractivity contribution in [2.24, 2.45) is 5.10 Å². The number of hydrogen-bond donors (Lipinski definition) is 1. The van der Waals surface area contributed by atoms with Gasteiger partial charge in [0.05, 0.1) is 22.9 Å². The van der Waals surface area contributed by atoms with Gasteiger partial charge in [0.1, 0.15) is 12.3 Å². The molecule has 1 amide bonds. The molecule has 33 heavy (non-hydrogen) atoms. The predicted octanol–water partition coefficient (Wildman–Crippen LogP) is 4.13. The Balaban J connectivity index is 1.75. The first kappa shape index (κ1) is 24.0. The van der Waals surface area contributed by atoms with Crippen LogP contribution in [0.1, 0.15) is 25.0 Å². The number of nitrogens with one attached hydrogen (secondary N) is 1. The molecule has 0 aliphatic carbocycles. The highest BCUT2D eigenvalue weighted by atomic mass is 32.2. The smallest absolute Gasteiger partial charge is 0.264 e. The number of aryl methyl sites for hydroxylation is 1. The van der Waals surface area contributed by atoms with Gasteiger partial charge in [-0.05, 0) is 80.4 Å². The molecule has 7 nitrogen and oxygen atoms in total. The maximum absolute atomic E-state index is 13.3. The number of sulfonamides is 1. The molecule has 0 aliphatic rings. The van der Waals surface area contributed by atoms with Gasteiger partial charge in [0.25, 0.3) is 15.9 Å².